The second-order valence-corrected chi connectivity index (χ2v) is 6.80. The molecule has 6 nitrogen and oxygen atoms in total. The highest BCUT2D eigenvalue weighted by molar-refractivity contribution is 7.99. The van der Waals surface area contributed by atoms with Crippen LogP contribution in [0.25, 0.3) is 20.7 Å². The van der Waals surface area contributed by atoms with Crippen molar-refractivity contribution in [2.75, 3.05) is 5.75 Å². The largest absolute Gasteiger partial charge is 0.294 e. The zero-order valence-electron chi connectivity index (χ0n) is 12.3. The molecule has 0 aliphatic heterocycles. The van der Waals surface area contributed by atoms with Crippen LogP contribution in [0.4, 0.5) is 0 Å². The summed E-state index contributed by atoms with van der Waals surface area (Å²) >= 11 is 2.60. The van der Waals surface area contributed by atoms with E-state index in [1.165, 1.54) is 27.7 Å². The van der Waals surface area contributed by atoms with Crippen molar-refractivity contribution < 1.29 is 4.79 Å². The summed E-state index contributed by atoms with van der Waals surface area (Å²) in [4.78, 5) is 29.3. The summed E-state index contributed by atoms with van der Waals surface area (Å²) in [6, 6.07) is 11.8. The van der Waals surface area contributed by atoms with E-state index in [4.69, 9.17) is 5.84 Å². The summed E-state index contributed by atoms with van der Waals surface area (Å²) in [5, 5.41) is 0.489. The molecule has 0 saturated carbocycles. The number of nitrogens with two attached hydrogens (primary N) is 1. The summed E-state index contributed by atoms with van der Waals surface area (Å²) in [6.07, 6.45) is 0. The van der Waals surface area contributed by atoms with Crippen LogP contribution in [0.3, 0.4) is 0 Å². The van der Waals surface area contributed by atoms with Crippen molar-refractivity contribution in [3.63, 3.8) is 0 Å². The molecule has 3 N–H and O–H groups in total. The third-order valence-electron chi connectivity index (χ3n) is 3.27. The van der Waals surface area contributed by atoms with Crippen molar-refractivity contribution in [2.24, 2.45) is 12.9 Å². The average Bonchev–Trinajstić information content (AvgIpc) is 3.01. The van der Waals surface area contributed by atoms with E-state index in [9.17, 15) is 9.59 Å². The molecule has 8 heteroatoms. The van der Waals surface area contributed by atoms with E-state index in [0.717, 1.165) is 10.4 Å². The van der Waals surface area contributed by atoms with Gasteiger partial charge in [-0.15, -0.1) is 11.3 Å². The number of thiophene rings is 1. The second kappa shape index (κ2) is 6.53. The molecule has 0 spiro atoms. The maximum atomic E-state index is 12.5. The lowest BCUT2D eigenvalue weighted by Gasteiger charge is -2.05. The van der Waals surface area contributed by atoms with E-state index in [-0.39, 0.29) is 17.2 Å². The van der Waals surface area contributed by atoms with Gasteiger partial charge in [-0.1, -0.05) is 42.1 Å². The molecule has 23 heavy (non-hydrogen) atoms. The highest BCUT2D eigenvalue weighted by Gasteiger charge is 2.14. The predicted octanol–water partition coefficient (Wildman–Crippen LogP) is 1.74. The van der Waals surface area contributed by atoms with Crippen LogP contribution in [0.5, 0.6) is 0 Å². The molecule has 3 aromatic rings. The molecular formula is C15H14N4O2S2. The molecule has 2 heterocycles. The van der Waals surface area contributed by atoms with Crippen LogP contribution in [-0.2, 0) is 11.8 Å². The number of nitrogens with one attached hydrogen (secondary N) is 1. The van der Waals surface area contributed by atoms with E-state index in [1.807, 2.05) is 36.4 Å². The third-order valence-corrected chi connectivity index (χ3v) is 5.46. The molecule has 0 saturated heterocycles. The van der Waals surface area contributed by atoms with Crippen LogP contribution in [0.1, 0.15) is 0 Å². The van der Waals surface area contributed by atoms with Crippen LogP contribution in [0.2, 0.25) is 0 Å². The molecule has 0 bridgehead atoms. The Kier molecular flexibility index (Phi) is 4.46. The van der Waals surface area contributed by atoms with Gasteiger partial charge in [-0.3, -0.25) is 19.6 Å². The molecule has 118 valence electrons. The molecule has 0 fully saturated rings. The van der Waals surface area contributed by atoms with Gasteiger partial charge in [-0.2, -0.15) is 0 Å². The lowest BCUT2D eigenvalue weighted by Crippen LogP contribution is -2.31. The van der Waals surface area contributed by atoms with E-state index in [2.05, 4.69) is 10.4 Å². The zero-order chi connectivity index (χ0) is 16.4. The molecule has 1 aromatic carbocycles. The van der Waals surface area contributed by atoms with Crippen LogP contribution in [0.15, 0.2) is 46.3 Å². The predicted molar refractivity (Wildman–Crippen MR) is 93.4 cm³/mol. The van der Waals surface area contributed by atoms with Gasteiger partial charge in [0.15, 0.2) is 5.16 Å². The molecule has 0 unspecified atom stereocenters. The summed E-state index contributed by atoms with van der Waals surface area (Å²) in [7, 11) is 1.65. The SMILES string of the molecule is Cn1c(SCC(=O)NN)nc2cc(-c3ccccc3)sc2c1=O. The maximum absolute atomic E-state index is 12.5. The number of amides is 1. The number of carbonyl (C=O) groups excluding carboxylic acids is 1. The molecular weight excluding hydrogens is 332 g/mol. The van der Waals surface area contributed by atoms with Gasteiger partial charge in [0, 0.05) is 11.9 Å². The first kappa shape index (κ1) is 15.7. The van der Waals surface area contributed by atoms with Crippen molar-refractivity contribution in [2.45, 2.75) is 5.16 Å². The molecule has 3 rings (SSSR count). The lowest BCUT2D eigenvalue weighted by molar-refractivity contribution is -0.118. The standard InChI is InChI=1S/C15H14N4O2S2/c1-19-14(21)13-10(17-15(19)22-8-12(20)18-16)7-11(23-13)9-5-3-2-4-6-9/h2-7H,8,16H2,1H3,(H,18,20). The fraction of sp³-hybridized carbons (Fsp3) is 0.133. The van der Waals surface area contributed by atoms with Crippen molar-refractivity contribution in [1.29, 1.82) is 0 Å². The molecule has 2 aromatic heterocycles. The molecule has 0 aliphatic carbocycles. The monoisotopic (exact) mass is 346 g/mol. The maximum Gasteiger partial charge on any atom is 0.271 e. The molecule has 0 atom stereocenters. The van der Waals surface area contributed by atoms with Crippen LogP contribution < -0.4 is 16.8 Å². The molecule has 1 amide bonds. The first-order chi connectivity index (χ1) is 11.1. The van der Waals surface area contributed by atoms with Gasteiger partial charge in [0.05, 0.1) is 11.3 Å². The fourth-order valence-electron chi connectivity index (χ4n) is 2.08. The Bertz CT molecular complexity index is 918. The number of hydrazine groups is 1. The van der Waals surface area contributed by atoms with Gasteiger partial charge in [-0.25, -0.2) is 10.8 Å². The van der Waals surface area contributed by atoms with Crippen molar-refractivity contribution in [3.05, 3.63) is 46.8 Å². The number of hydrogen-bond acceptors (Lipinski definition) is 6. The minimum atomic E-state index is -0.320. The second-order valence-electron chi connectivity index (χ2n) is 4.81. The summed E-state index contributed by atoms with van der Waals surface area (Å²) in [5.41, 5.74) is 3.64. The van der Waals surface area contributed by atoms with Gasteiger partial charge < -0.3 is 0 Å². The zero-order valence-corrected chi connectivity index (χ0v) is 13.9. The Morgan fingerprint density at radius 3 is 2.83 bits per heavy atom. The van der Waals surface area contributed by atoms with Crippen LogP contribution >= 0.6 is 23.1 Å². The normalized spacial score (nSPS) is 10.9. The fourth-order valence-corrected chi connectivity index (χ4v) is 3.94. The minimum Gasteiger partial charge on any atom is -0.294 e. The number of carbonyl (C=O) groups is 1. The van der Waals surface area contributed by atoms with Gasteiger partial charge >= 0.3 is 0 Å². The van der Waals surface area contributed by atoms with Crippen molar-refractivity contribution in [3.8, 4) is 10.4 Å². The number of thioether (sulfide) groups is 1. The van der Waals surface area contributed by atoms with E-state index >= 15 is 0 Å². The third kappa shape index (κ3) is 3.14. The Hall–Kier alpha value is -2.16. The first-order valence-corrected chi connectivity index (χ1v) is 8.58. The number of nitrogens with zero attached hydrogens (tertiary/aromatic N) is 2. The Morgan fingerprint density at radius 1 is 1.39 bits per heavy atom. The van der Waals surface area contributed by atoms with E-state index < -0.39 is 0 Å². The Labute approximate surface area is 140 Å². The number of hydrogen-bond donors (Lipinski definition) is 2. The first-order valence-electron chi connectivity index (χ1n) is 6.78. The van der Waals surface area contributed by atoms with Gasteiger partial charge in [-0.05, 0) is 11.6 Å². The number of aromatic nitrogens is 2. The van der Waals surface area contributed by atoms with E-state index in [0.29, 0.717) is 15.4 Å². The summed E-state index contributed by atoms with van der Waals surface area (Å²) in [5.74, 6) is 4.85. The van der Waals surface area contributed by atoms with Gasteiger partial charge in [0.1, 0.15) is 4.70 Å². The molecule has 0 aliphatic rings. The minimum absolute atomic E-state index is 0.109. The summed E-state index contributed by atoms with van der Waals surface area (Å²) in [6.45, 7) is 0. The molecule has 0 radical (unpaired) electrons. The van der Waals surface area contributed by atoms with Crippen LogP contribution in [0, 0.1) is 0 Å². The highest BCUT2D eigenvalue weighted by Crippen LogP contribution is 2.31. The van der Waals surface area contributed by atoms with E-state index in [1.54, 1.807) is 7.05 Å². The lowest BCUT2D eigenvalue weighted by atomic mass is 10.2. The summed E-state index contributed by atoms with van der Waals surface area (Å²) < 4.78 is 2.07. The number of fused-ring (bicyclic) bond motifs is 1. The topological polar surface area (TPSA) is 90.0 Å². The Morgan fingerprint density at radius 2 is 2.13 bits per heavy atom. The smallest absolute Gasteiger partial charge is 0.271 e. The Balaban J connectivity index is 2.04. The van der Waals surface area contributed by atoms with Crippen LogP contribution in [-0.4, -0.2) is 21.2 Å². The van der Waals surface area contributed by atoms with Gasteiger partial charge in [0.2, 0.25) is 5.91 Å². The number of benzene rings is 1. The van der Waals surface area contributed by atoms with Gasteiger partial charge in [0.25, 0.3) is 5.56 Å². The van der Waals surface area contributed by atoms with Crippen molar-refractivity contribution in [1.82, 2.24) is 15.0 Å². The number of rotatable bonds is 4. The average molecular weight is 346 g/mol. The highest BCUT2D eigenvalue weighted by atomic mass is 32.2. The van der Waals surface area contributed by atoms with Crippen molar-refractivity contribution >= 4 is 39.2 Å². The quantitative estimate of drug-likeness (QED) is 0.247.